The van der Waals surface area contributed by atoms with E-state index in [-0.39, 0.29) is 5.75 Å². The topological polar surface area (TPSA) is 9.23 Å². The van der Waals surface area contributed by atoms with Crippen LogP contribution in [0.15, 0.2) is 48.5 Å². The highest BCUT2D eigenvalue weighted by molar-refractivity contribution is 5.64. The highest BCUT2D eigenvalue weighted by Gasteiger charge is 2.35. The lowest BCUT2D eigenvalue weighted by atomic mass is 9.63. The monoisotopic (exact) mass is 458 g/mol. The van der Waals surface area contributed by atoms with Crippen LogP contribution in [0.4, 0.5) is 13.2 Å². The van der Waals surface area contributed by atoms with Gasteiger partial charge in [-0.3, -0.25) is 0 Å². The summed E-state index contributed by atoms with van der Waals surface area (Å²) in [5, 5.41) is 0. The largest absolute Gasteiger partial charge is 0.573 e. The molecule has 4 rings (SSSR count). The Bertz CT molecular complexity index is 856. The van der Waals surface area contributed by atoms with Crippen LogP contribution in [0.3, 0.4) is 0 Å². The minimum absolute atomic E-state index is 0.185. The minimum Gasteiger partial charge on any atom is -0.406 e. The Kier molecular flexibility index (Phi) is 8.03. The average molecular weight is 459 g/mol. The van der Waals surface area contributed by atoms with Gasteiger partial charge in [0.25, 0.3) is 0 Å². The Morgan fingerprint density at radius 3 is 2.06 bits per heavy atom. The Morgan fingerprint density at radius 2 is 1.39 bits per heavy atom. The molecule has 2 aliphatic carbocycles. The first-order valence-electron chi connectivity index (χ1n) is 12.9. The molecule has 0 N–H and O–H groups in total. The zero-order valence-corrected chi connectivity index (χ0v) is 19.7. The zero-order valence-electron chi connectivity index (χ0n) is 19.7. The lowest BCUT2D eigenvalue weighted by molar-refractivity contribution is -0.274. The average Bonchev–Trinajstić information content (AvgIpc) is 2.81. The predicted octanol–water partition coefficient (Wildman–Crippen LogP) is 9.52. The molecule has 0 saturated heterocycles. The number of benzene rings is 2. The van der Waals surface area contributed by atoms with Crippen LogP contribution >= 0.6 is 0 Å². The van der Waals surface area contributed by atoms with Gasteiger partial charge in [0.2, 0.25) is 0 Å². The fraction of sp³-hybridized carbons (Fsp3) is 0.586. The molecule has 2 aliphatic rings. The van der Waals surface area contributed by atoms with E-state index in [9.17, 15) is 13.2 Å². The van der Waals surface area contributed by atoms with Gasteiger partial charge in [-0.05, 0) is 84.6 Å². The van der Waals surface area contributed by atoms with Crippen molar-refractivity contribution in [2.75, 3.05) is 0 Å². The van der Waals surface area contributed by atoms with Crippen molar-refractivity contribution in [1.82, 2.24) is 0 Å². The second kappa shape index (κ2) is 11.0. The third-order valence-corrected chi connectivity index (χ3v) is 7.99. The normalized spacial score (nSPS) is 25.5. The zero-order chi connectivity index (χ0) is 23.3. The maximum atomic E-state index is 12.4. The van der Waals surface area contributed by atoms with Gasteiger partial charge in [-0.25, -0.2) is 0 Å². The predicted molar refractivity (Wildman–Crippen MR) is 128 cm³/mol. The van der Waals surface area contributed by atoms with Crippen molar-refractivity contribution >= 4 is 0 Å². The third kappa shape index (κ3) is 6.77. The molecule has 2 saturated carbocycles. The van der Waals surface area contributed by atoms with Crippen LogP contribution in [0.25, 0.3) is 11.1 Å². The molecule has 0 spiro atoms. The smallest absolute Gasteiger partial charge is 0.406 e. The summed E-state index contributed by atoms with van der Waals surface area (Å²) in [6.07, 6.45) is 10.6. The van der Waals surface area contributed by atoms with Crippen molar-refractivity contribution in [3.8, 4) is 16.9 Å². The number of unbranched alkanes of at least 4 members (excludes halogenated alkanes) is 3. The van der Waals surface area contributed by atoms with E-state index in [0.29, 0.717) is 5.92 Å². The van der Waals surface area contributed by atoms with Gasteiger partial charge in [0.15, 0.2) is 0 Å². The van der Waals surface area contributed by atoms with Crippen molar-refractivity contribution in [2.24, 2.45) is 17.8 Å². The first-order valence-corrected chi connectivity index (χ1v) is 12.9. The third-order valence-electron chi connectivity index (χ3n) is 7.99. The molecule has 2 aromatic carbocycles. The molecule has 2 fully saturated rings. The SMILES string of the molecule is CCCCCCC1CC[C@@H]2C[C@H](c3ccc(-c4ccc(OC(F)(F)F)cc4)cc3)CC[C@@H]2C1. The number of fused-ring (bicyclic) bond motifs is 1. The van der Waals surface area contributed by atoms with Crippen LogP contribution in [0.5, 0.6) is 5.75 Å². The van der Waals surface area contributed by atoms with Gasteiger partial charge in [0, 0.05) is 0 Å². The van der Waals surface area contributed by atoms with Crippen molar-refractivity contribution in [3.63, 3.8) is 0 Å². The molecular formula is C29H37F3O. The Hall–Kier alpha value is -1.97. The summed E-state index contributed by atoms with van der Waals surface area (Å²) < 4.78 is 41.1. The molecule has 4 atom stereocenters. The second-order valence-electron chi connectivity index (χ2n) is 10.3. The first kappa shape index (κ1) is 24.2. The van der Waals surface area contributed by atoms with Gasteiger partial charge in [0.1, 0.15) is 5.75 Å². The van der Waals surface area contributed by atoms with Crippen LogP contribution in [0.2, 0.25) is 0 Å². The summed E-state index contributed by atoms with van der Waals surface area (Å²) in [6, 6.07) is 14.8. The lowest BCUT2D eigenvalue weighted by Crippen LogP contribution is -2.30. The quantitative estimate of drug-likeness (QED) is 0.358. The second-order valence-corrected chi connectivity index (χ2v) is 10.3. The van der Waals surface area contributed by atoms with Gasteiger partial charge in [-0.2, -0.15) is 0 Å². The van der Waals surface area contributed by atoms with E-state index >= 15 is 0 Å². The molecule has 0 radical (unpaired) electrons. The van der Waals surface area contributed by atoms with Gasteiger partial charge < -0.3 is 4.74 Å². The maximum absolute atomic E-state index is 12.4. The Balaban J connectivity index is 1.30. The molecule has 33 heavy (non-hydrogen) atoms. The number of rotatable bonds is 8. The number of halogens is 3. The van der Waals surface area contributed by atoms with E-state index in [1.165, 1.54) is 88.3 Å². The highest BCUT2D eigenvalue weighted by atomic mass is 19.4. The Morgan fingerprint density at radius 1 is 0.758 bits per heavy atom. The van der Waals surface area contributed by atoms with Crippen LogP contribution in [-0.4, -0.2) is 6.36 Å². The van der Waals surface area contributed by atoms with E-state index in [1.807, 2.05) is 0 Å². The number of hydrogen-bond acceptors (Lipinski definition) is 1. The fourth-order valence-corrected chi connectivity index (χ4v) is 6.21. The van der Waals surface area contributed by atoms with Gasteiger partial charge in [0.05, 0.1) is 0 Å². The molecule has 2 aromatic rings. The van der Waals surface area contributed by atoms with Crippen LogP contribution in [0.1, 0.15) is 89.0 Å². The highest BCUT2D eigenvalue weighted by Crippen LogP contribution is 2.48. The fourth-order valence-electron chi connectivity index (χ4n) is 6.21. The number of alkyl halides is 3. The molecule has 0 amide bonds. The summed E-state index contributed by atoms with van der Waals surface area (Å²) >= 11 is 0. The first-order chi connectivity index (χ1) is 15.9. The van der Waals surface area contributed by atoms with Crippen molar-refractivity contribution in [2.45, 2.75) is 89.8 Å². The minimum atomic E-state index is -4.66. The summed E-state index contributed by atoms with van der Waals surface area (Å²) in [7, 11) is 0. The Labute approximate surface area is 196 Å². The summed E-state index contributed by atoms with van der Waals surface area (Å²) in [4.78, 5) is 0. The molecule has 4 heteroatoms. The lowest BCUT2D eigenvalue weighted by Gasteiger charge is -2.42. The van der Waals surface area contributed by atoms with Crippen molar-refractivity contribution in [1.29, 1.82) is 0 Å². The summed E-state index contributed by atoms with van der Waals surface area (Å²) in [5.41, 5.74) is 3.34. The van der Waals surface area contributed by atoms with E-state index in [0.717, 1.165) is 28.9 Å². The molecular weight excluding hydrogens is 421 g/mol. The summed E-state index contributed by atoms with van der Waals surface area (Å²) in [5.74, 6) is 3.24. The standard InChI is InChI=1S/C29H37F3O/c1-2-3-4-5-6-21-7-8-27-20-26(14-13-25(27)19-21)24-11-9-22(10-12-24)23-15-17-28(18-16-23)33-29(30,31)32/h9-12,15-18,21,25-27H,2-8,13-14,19-20H2,1H3/t21?,25-,26-,27-/m1/s1. The van der Waals surface area contributed by atoms with E-state index in [1.54, 1.807) is 12.1 Å². The van der Waals surface area contributed by atoms with E-state index in [2.05, 4.69) is 35.9 Å². The van der Waals surface area contributed by atoms with Crippen LogP contribution < -0.4 is 4.74 Å². The maximum Gasteiger partial charge on any atom is 0.573 e. The van der Waals surface area contributed by atoms with E-state index in [4.69, 9.17) is 0 Å². The van der Waals surface area contributed by atoms with Crippen LogP contribution in [0, 0.1) is 17.8 Å². The molecule has 1 nitrogen and oxygen atoms in total. The van der Waals surface area contributed by atoms with Gasteiger partial charge in [-0.1, -0.05) is 81.8 Å². The van der Waals surface area contributed by atoms with Gasteiger partial charge in [-0.15, -0.1) is 13.2 Å². The summed E-state index contributed by atoms with van der Waals surface area (Å²) in [6.45, 7) is 2.28. The van der Waals surface area contributed by atoms with Gasteiger partial charge >= 0.3 is 6.36 Å². The van der Waals surface area contributed by atoms with Crippen LogP contribution in [-0.2, 0) is 0 Å². The molecule has 0 aliphatic heterocycles. The number of hydrogen-bond donors (Lipinski definition) is 0. The molecule has 180 valence electrons. The molecule has 1 unspecified atom stereocenters. The molecule has 0 aromatic heterocycles. The van der Waals surface area contributed by atoms with Crippen molar-refractivity contribution < 1.29 is 17.9 Å². The van der Waals surface area contributed by atoms with Crippen molar-refractivity contribution in [3.05, 3.63) is 54.1 Å². The molecule has 0 heterocycles. The molecule has 0 bridgehead atoms. The van der Waals surface area contributed by atoms with E-state index < -0.39 is 6.36 Å². The number of ether oxygens (including phenoxy) is 1.